The minimum atomic E-state index is -0.165. The van der Waals surface area contributed by atoms with Gasteiger partial charge in [-0.15, -0.1) is 0 Å². The summed E-state index contributed by atoms with van der Waals surface area (Å²) in [6.45, 7) is 5.14. The molecule has 74 valence electrons. The van der Waals surface area contributed by atoms with Crippen LogP contribution >= 0.6 is 0 Å². The van der Waals surface area contributed by atoms with Crippen LogP contribution in [0.25, 0.3) is 0 Å². The highest BCUT2D eigenvalue weighted by atomic mass is 16.6. The molecular weight excluding hydrogens is 170 g/mol. The normalized spacial score (nSPS) is 29.6. The number of carbonyl (C=O) groups excluding carboxylic acids is 2. The second kappa shape index (κ2) is 3.77. The van der Waals surface area contributed by atoms with Gasteiger partial charge in [-0.2, -0.15) is 0 Å². The molecule has 0 radical (unpaired) electrons. The summed E-state index contributed by atoms with van der Waals surface area (Å²) in [7, 11) is 0. The molecule has 1 amide bonds. The van der Waals surface area contributed by atoms with Crippen LogP contribution in [0, 0.1) is 5.92 Å². The summed E-state index contributed by atoms with van der Waals surface area (Å²) in [5.74, 6) is -0.300. The lowest BCUT2D eigenvalue weighted by Crippen LogP contribution is -2.39. The fourth-order valence-electron chi connectivity index (χ4n) is 1.48. The highest BCUT2D eigenvalue weighted by molar-refractivity contribution is 5.75. The lowest BCUT2D eigenvalue weighted by atomic mass is 10.0. The van der Waals surface area contributed by atoms with Crippen LogP contribution in [0.2, 0.25) is 0 Å². The molecule has 0 aromatic heterocycles. The molecule has 1 aliphatic heterocycles. The first kappa shape index (κ1) is 10.0. The third kappa shape index (κ3) is 2.44. The van der Waals surface area contributed by atoms with Crippen LogP contribution in [-0.2, 0) is 14.3 Å². The van der Waals surface area contributed by atoms with Crippen molar-refractivity contribution < 1.29 is 14.3 Å². The van der Waals surface area contributed by atoms with Gasteiger partial charge in [0.25, 0.3) is 0 Å². The number of esters is 1. The average molecular weight is 185 g/mol. The van der Waals surface area contributed by atoms with E-state index < -0.39 is 0 Å². The Hall–Kier alpha value is -1.06. The van der Waals surface area contributed by atoms with Crippen LogP contribution in [0.4, 0.5) is 0 Å². The molecule has 13 heavy (non-hydrogen) atoms. The van der Waals surface area contributed by atoms with Crippen molar-refractivity contribution in [2.75, 3.05) is 0 Å². The SMILES string of the molecule is CC(=O)NC(C)C1CC(C)C(=O)O1. The molecule has 0 aromatic carbocycles. The summed E-state index contributed by atoms with van der Waals surface area (Å²) < 4.78 is 5.08. The lowest BCUT2D eigenvalue weighted by Gasteiger charge is -2.18. The Balaban J connectivity index is 2.45. The van der Waals surface area contributed by atoms with E-state index in [1.807, 2.05) is 13.8 Å². The molecule has 0 aromatic rings. The standard InChI is InChI=1S/C9H15NO3/c1-5-4-8(13-9(5)12)6(2)10-7(3)11/h5-6,8H,4H2,1-3H3,(H,10,11). The first-order chi connectivity index (χ1) is 6.00. The Labute approximate surface area is 77.6 Å². The van der Waals surface area contributed by atoms with E-state index in [-0.39, 0.29) is 29.9 Å². The zero-order valence-corrected chi connectivity index (χ0v) is 8.16. The molecule has 4 heteroatoms. The van der Waals surface area contributed by atoms with Crippen LogP contribution < -0.4 is 5.32 Å². The van der Waals surface area contributed by atoms with Crippen LogP contribution in [0.1, 0.15) is 27.2 Å². The topological polar surface area (TPSA) is 55.4 Å². The molecule has 1 fully saturated rings. The van der Waals surface area contributed by atoms with Gasteiger partial charge in [0.1, 0.15) is 6.10 Å². The number of carbonyl (C=O) groups is 2. The van der Waals surface area contributed by atoms with Gasteiger partial charge in [-0.1, -0.05) is 6.92 Å². The summed E-state index contributed by atoms with van der Waals surface area (Å²) in [6, 6.07) is -0.0913. The van der Waals surface area contributed by atoms with Gasteiger partial charge in [0.15, 0.2) is 0 Å². The molecule has 0 aliphatic carbocycles. The maximum atomic E-state index is 11.0. The van der Waals surface area contributed by atoms with E-state index in [0.717, 1.165) is 0 Å². The number of amides is 1. The van der Waals surface area contributed by atoms with E-state index in [1.54, 1.807) is 0 Å². The molecule has 0 spiro atoms. The summed E-state index contributed by atoms with van der Waals surface area (Å²) in [5, 5.41) is 2.71. The zero-order chi connectivity index (χ0) is 10.0. The Morgan fingerprint density at radius 2 is 2.31 bits per heavy atom. The molecule has 4 nitrogen and oxygen atoms in total. The second-order valence-corrected chi connectivity index (χ2v) is 3.60. The van der Waals surface area contributed by atoms with Crippen molar-refractivity contribution in [3.8, 4) is 0 Å². The first-order valence-corrected chi connectivity index (χ1v) is 4.48. The Bertz CT molecular complexity index is 227. The van der Waals surface area contributed by atoms with E-state index in [2.05, 4.69) is 5.32 Å². The van der Waals surface area contributed by atoms with Gasteiger partial charge >= 0.3 is 5.97 Å². The van der Waals surface area contributed by atoms with Gasteiger partial charge in [0.05, 0.1) is 12.0 Å². The van der Waals surface area contributed by atoms with Gasteiger partial charge in [-0.25, -0.2) is 0 Å². The summed E-state index contributed by atoms with van der Waals surface area (Å²) in [6.07, 6.45) is 0.534. The maximum Gasteiger partial charge on any atom is 0.309 e. The third-order valence-corrected chi connectivity index (χ3v) is 2.24. The van der Waals surface area contributed by atoms with Gasteiger partial charge in [-0.05, 0) is 13.3 Å². The molecule has 1 aliphatic rings. The van der Waals surface area contributed by atoms with Gasteiger partial charge < -0.3 is 10.1 Å². The number of rotatable bonds is 2. The molecule has 3 atom stereocenters. The Morgan fingerprint density at radius 1 is 1.69 bits per heavy atom. The maximum absolute atomic E-state index is 11.0. The van der Waals surface area contributed by atoms with Crippen LogP contribution in [0.15, 0.2) is 0 Å². The Morgan fingerprint density at radius 3 is 2.69 bits per heavy atom. The molecule has 0 saturated carbocycles. The highest BCUT2D eigenvalue weighted by Gasteiger charge is 2.34. The van der Waals surface area contributed by atoms with E-state index in [9.17, 15) is 9.59 Å². The van der Waals surface area contributed by atoms with Crippen molar-refractivity contribution in [1.82, 2.24) is 5.32 Å². The lowest BCUT2D eigenvalue weighted by molar-refractivity contribution is -0.145. The minimum Gasteiger partial charge on any atom is -0.460 e. The first-order valence-electron chi connectivity index (χ1n) is 4.48. The molecule has 1 N–H and O–H groups in total. The van der Waals surface area contributed by atoms with Crippen molar-refractivity contribution in [3.63, 3.8) is 0 Å². The fourth-order valence-corrected chi connectivity index (χ4v) is 1.48. The van der Waals surface area contributed by atoms with Crippen molar-refractivity contribution in [2.45, 2.75) is 39.3 Å². The van der Waals surface area contributed by atoms with Gasteiger partial charge in [0, 0.05) is 6.92 Å². The molecule has 1 heterocycles. The van der Waals surface area contributed by atoms with Crippen molar-refractivity contribution >= 4 is 11.9 Å². The molecular formula is C9H15NO3. The van der Waals surface area contributed by atoms with Crippen molar-refractivity contribution in [2.24, 2.45) is 5.92 Å². The smallest absolute Gasteiger partial charge is 0.309 e. The molecule has 1 saturated heterocycles. The number of hydrogen-bond donors (Lipinski definition) is 1. The average Bonchev–Trinajstić information content (AvgIpc) is 2.31. The number of ether oxygens (including phenoxy) is 1. The minimum absolute atomic E-state index is 0.0405. The predicted octanol–water partition coefficient (Wildman–Crippen LogP) is 0.463. The van der Waals surface area contributed by atoms with Crippen LogP contribution in [0.3, 0.4) is 0 Å². The van der Waals surface area contributed by atoms with E-state index in [0.29, 0.717) is 6.42 Å². The number of cyclic esters (lactones) is 1. The highest BCUT2D eigenvalue weighted by Crippen LogP contribution is 2.22. The van der Waals surface area contributed by atoms with Gasteiger partial charge in [-0.3, -0.25) is 9.59 Å². The molecule has 3 unspecified atom stereocenters. The second-order valence-electron chi connectivity index (χ2n) is 3.60. The number of hydrogen-bond acceptors (Lipinski definition) is 3. The van der Waals surface area contributed by atoms with Crippen LogP contribution in [0.5, 0.6) is 0 Å². The van der Waals surface area contributed by atoms with Crippen molar-refractivity contribution in [3.05, 3.63) is 0 Å². The summed E-state index contributed by atoms with van der Waals surface area (Å²) in [5.41, 5.74) is 0. The monoisotopic (exact) mass is 185 g/mol. The largest absolute Gasteiger partial charge is 0.460 e. The fraction of sp³-hybridized carbons (Fsp3) is 0.778. The number of nitrogens with one attached hydrogen (secondary N) is 1. The third-order valence-electron chi connectivity index (χ3n) is 2.24. The summed E-state index contributed by atoms with van der Waals surface area (Å²) in [4.78, 5) is 21.8. The molecule has 0 bridgehead atoms. The molecule has 1 rings (SSSR count). The van der Waals surface area contributed by atoms with Crippen molar-refractivity contribution in [1.29, 1.82) is 0 Å². The van der Waals surface area contributed by atoms with E-state index >= 15 is 0 Å². The predicted molar refractivity (Wildman–Crippen MR) is 46.9 cm³/mol. The van der Waals surface area contributed by atoms with E-state index in [1.165, 1.54) is 6.92 Å². The van der Waals surface area contributed by atoms with E-state index in [4.69, 9.17) is 4.74 Å². The van der Waals surface area contributed by atoms with Crippen LogP contribution in [-0.4, -0.2) is 24.0 Å². The Kier molecular flexibility index (Phi) is 2.90. The summed E-state index contributed by atoms with van der Waals surface area (Å²) >= 11 is 0. The quantitative estimate of drug-likeness (QED) is 0.636. The zero-order valence-electron chi connectivity index (χ0n) is 8.16. The van der Waals surface area contributed by atoms with Gasteiger partial charge in [0.2, 0.25) is 5.91 Å².